The van der Waals surface area contributed by atoms with Crippen LogP contribution in [-0.2, 0) is 0 Å². The summed E-state index contributed by atoms with van der Waals surface area (Å²) in [5, 5.41) is 2.77. The SMILES string of the molecule is COc1ccc(-c2cc(NC(=O)c3cc(OC)ccc3Br)ccc2OC(F)F)cc1. The van der Waals surface area contributed by atoms with Crippen LogP contribution in [0.4, 0.5) is 14.5 Å². The van der Waals surface area contributed by atoms with Crippen molar-refractivity contribution in [3.05, 3.63) is 70.7 Å². The van der Waals surface area contributed by atoms with Gasteiger partial charge in [-0.05, 0) is 70.0 Å². The second-order valence-electron chi connectivity index (χ2n) is 6.12. The van der Waals surface area contributed by atoms with Gasteiger partial charge >= 0.3 is 6.61 Å². The maximum Gasteiger partial charge on any atom is 0.387 e. The quantitative estimate of drug-likeness (QED) is 0.454. The normalized spacial score (nSPS) is 10.6. The summed E-state index contributed by atoms with van der Waals surface area (Å²) in [5.41, 5.74) is 1.82. The number of amides is 1. The largest absolute Gasteiger partial charge is 0.497 e. The van der Waals surface area contributed by atoms with E-state index in [9.17, 15) is 13.6 Å². The Morgan fingerprint density at radius 3 is 2.23 bits per heavy atom. The second kappa shape index (κ2) is 9.58. The molecule has 0 radical (unpaired) electrons. The van der Waals surface area contributed by atoms with Crippen LogP contribution in [0, 0.1) is 0 Å². The van der Waals surface area contributed by atoms with Gasteiger partial charge in [0.15, 0.2) is 0 Å². The second-order valence-corrected chi connectivity index (χ2v) is 6.97. The predicted molar refractivity (Wildman–Crippen MR) is 114 cm³/mol. The predicted octanol–water partition coefficient (Wildman–Crippen LogP) is 5.99. The molecule has 1 amide bonds. The van der Waals surface area contributed by atoms with Crippen LogP contribution in [0.25, 0.3) is 11.1 Å². The molecule has 3 aromatic carbocycles. The van der Waals surface area contributed by atoms with Crippen molar-refractivity contribution in [2.45, 2.75) is 6.61 Å². The Bertz CT molecular complexity index is 1040. The number of hydrogen-bond acceptors (Lipinski definition) is 4. The number of ether oxygens (including phenoxy) is 3. The maximum atomic E-state index is 12.9. The molecule has 3 aromatic rings. The zero-order chi connectivity index (χ0) is 21.7. The molecule has 30 heavy (non-hydrogen) atoms. The molecule has 8 heteroatoms. The molecule has 0 unspecified atom stereocenters. The first kappa shape index (κ1) is 21.6. The molecule has 156 valence electrons. The molecule has 0 spiro atoms. The Balaban J connectivity index is 1.94. The molecule has 0 bridgehead atoms. The molecule has 0 saturated carbocycles. The monoisotopic (exact) mass is 477 g/mol. The highest BCUT2D eigenvalue weighted by atomic mass is 79.9. The molecule has 0 fully saturated rings. The first-order valence-electron chi connectivity index (χ1n) is 8.79. The average molecular weight is 478 g/mol. The summed E-state index contributed by atoms with van der Waals surface area (Å²) in [5.74, 6) is 0.769. The zero-order valence-electron chi connectivity index (χ0n) is 16.1. The van der Waals surface area contributed by atoms with Crippen molar-refractivity contribution < 1.29 is 27.8 Å². The highest BCUT2D eigenvalue weighted by molar-refractivity contribution is 9.10. The van der Waals surface area contributed by atoms with Crippen LogP contribution in [0.5, 0.6) is 17.2 Å². The Kier molecular flexibility index (Phi) is 6.89. The van der Waals surface area contributed by atoms with E-state index >= 15 is 0 Å². The number of rotatable bonds is 7. The van der Waals surface area contributed by atoms with Gasteiger partial charge in [-0.25, -0.2) is 0 Å². The van der Waals surface area contributed by atoms with Gasteiger partial charge in [0.1, 0.15) is 17.2 Å². The first-order valence-corrected chi connectivity index (χ1v) is 9.58. The van der Waals surface area contributed by atoms with Crippen molar-refractivity contribution in [1.29, 1.82) is 0 Å². The molecule has 3 rings (SSSR count). The van der Waals surface area contributed by atoms with E-state index in [1.165, 1.54) is 26.4 Å². The van der Waals surface area contributed by atoms with Crippen molar-refractivity contribution >= 4 is 27.5 Å². The lowest BCUT2D eigenvalue weighted by molar-refractivity contribution is -0.0494. The molecule has 5 nitrogen and oxygen atoms in total. The van der Waals surface area contributed by atoms with Gasteiger partial charge in [-0.15, -0.1) is 0 Å². The van der Waals surface area contributed by atoms with E-state index in [4.69, 9.17) is 9.47 Å². The Morgan fingerprint density at radius 1 is 0.933 bits per heavy atom. The van der Waals surface area contributed by atoms with E-state index in [0.717, 1.165) is 0 Å². The number of nitrogens with one attached hydrogen (secondary N) is 1. The first-order chi connectivity index (χ1) is 14.4. The number of halogens is 3. The topological polar surface area (TPSA) is 56.8 Å². The summed E-state index contributed by atoms with van der Waals surface area (Å²) in [6.45, 7) is -2.98. The number of carbonyl (C=O) groups excluding carboxylic acids is 1. The Labute approximate surface area is 180 Å². The minimum Gasteiger partial charge on any atom is -0.497 e. The summed E-state index contributed by atoms with van der Waals surface area (Å²) >= 11 is 3.35. The van der Waals surface area contributed by atoms with E-state index in [1.54, 1.807) is 48.5 Å². The van der Waals surface area contributed by atoms with Crippen LogP contribution in [0.3, 0.4) is 0 Å². The minimum atomic E-state index is -2.98. The van der Waals surface area contributed by atoms with Crippen molar-refractivity contribution in [2.24, 2.45) is 0 Å². The molecule has 0 aromatic heterocycles. The highest BCUT2D eigenvalue weighted by Crippen LogP contribution is 2.35. The van der Waals surface area contributed by atoms with Gasteiger partial charge in [0.25, 0.3) is 5.91 Å². The fourth-order valence-electron chi connectivity index (χ4n) is 2.81. The number of methoxy groups -OCH3 is 2. The lowest BCUT2D eigenvalue weighted by Crippen LogP contribution is -2.13. The molecular weight excluding hydrogens is 460 g/mol. The third kappa shape index (κ3) is 5.07. The van der Waals surface area contributed by atoms with E-state index < -0.39 is 6.61 Å². The van der Waals surface area contributed by atoms with E-state index in [0.29, 0.717) is 38.3 Å². The number of benzene rings is 3. The Morgan fingerprint density at radius 2 is 1.60 bits per heavy atom. The molecular formula is C22H18BrF2NO4. The number of anilines is 1. The van der Waals surface area contributed by atoms with Gasteiger partial charge in [0, 0.05) is 15.7 Å². The highest BCUT2D eigenvalue weighted by Gasteiger charge is 2.16. The summed E-state index contributed by atoms with van der Waals surface area (Å²) in [6.07, 6.45) is 0. The van der Waals surface area contributed by atoms with Crippen LogP contribution in [-0.4, -0.2) is 26.7 Å². The van der Waals surface area contributed by atoms with Crippen LogP contribution < -0.4 is 19.5 Å². The lowest BCUT2D eigenvalue weighted by atomic mass is 10.0. The number of alkyl halides is 2. The molecule has 1 N–H and O–H groups in total. The van der Waals surface area contributed by atoms with Crippen molar-refractivity contribution in [2.75, 3.05) is 19.5 Å². The molecule has 0 atom stereocenters. The van der Waals surface area contributed by atoms with Crippen molar-refractivity contribution in [3.63, 3.8) is 0 Å². The van der Waals surface area contributed by atoms with Crippen LogP contribution in [0.1, 0.15) is 10.4 Å². The fraction of sp³-hybridized carbons (Fsp3) is 0.136. The smallest absolute Gasteiger partial charge is 0.387 e. The average Bonchev–Trinajstić information content (AvgIpc) is 2.75. The summed E-state index contributed by atoms with van der Waals surface area (Å²) < 4.78 is 41.2. The zero-order valence-corrected chi connectivity index (χ0v) is 17.7. The van der Waals surface area contributed by atoms with Crippen molar-refractivity contribution in [1.82, 2.24) is 0 Å². The van der Waals surface area contributed by atoms with Gasteiger partial charge < -0.3 is 19.5 Å². The van der Waals surface area contributed by atoms with Gasteiger partial charge in [0.2, 0.25) is 0 Å². The minimum absolute atomic E-state index is 0.00396. The van der Waals surface area contributed by atoms with E-state index in [-0.39, 0.29) is 11.7 Å². The third-order valence-electron chi connectivity index (χ3n) is 4.27. The summed E-state index contributed by atoms with van der Waals surface area (Å²) in [4.78, 5) is 12.7. The van der Waals surface area contributed by atoms with Gasteiger partial charge in [-0.3, -0.25) is 4.79 Å². The summed E-state index contributed by atoms with van der Waals surface area (Å²) in [7, 11) is 3.04. The van der Waals surface area contributed by atoms with Gasteiger partial charge in [-0.2, -0.15) is 8.78 Å². The van der Waals surface area contributed by atoms with E-state index in [2.05, 4.69) is 26.0 Å². The van der Waals surface area contributed by atoms with Crippen LogP contribution in [0.2, 0.25) is 0 Å². The maximum absolute atomic E-state index is 12.9. The van der Waals surface area contributed by atoms with Crippen LogP contribution in [0.15, 0.2) is 65.1 Å². The number of carbonyl (C=O) groups is 1. The standard InChI is InChI=1S/C22H18BrF2NO4/c1-28-15-6-3-13(4-7-15)17-11-14(5-10-20(17)30-22(24)25)26-21(27)18-12-16(29-2)8-9-19(18)23/h3-12,22H,1-2H3,(H,26,27). The van der Waals surface area contributed by atoms with Gasteiger partial charge in [0.05, 0.1) is 19.8 Å². The summed E-state index contributed by atoms with van der Waals surface area (Å²) in [6, 6.07) is 16.3. The molecule has 0 aliphatic heterocycles. The fourth-order valence-corrected chi connectivity index (χ4v) is 3.23. The molecule has 0 aliphatic carbocycles. The molecule has 0 heterocycles. The van der Waals surface area contributed by atoms with Crippen molar-refractivity contribution in [3.8, 4) is 28.4 Å². The lowest BCUT2D eigenvalue weighted by Gasteiger charge is -2.14. The number of hydrogen-bond donors (Lipinski definition) is 1. The van der Waals surface area contributed by atoms with E-state index in [1.807, 2.05) is 0 Å². The van der Waals surface area contributed by atoms with Gasteiger partial charge in [-0.1, -0.05) is 12.1 Å². The Hall–Kier alpha value is -3.13. The molecule has 0 saturated heterocycles. The van der Waals surface area contributed by atoms with Crippen LogP contribution >= 0.6 is 15.9 Å². The third-order valence-corrected chi connectivity index (χ3v) is 4.96. The molecule has 0 aliphatic rings.